The van der Waals surface area contributed by atoms with E-state index in [4.69, 9.17) is 12.2 Å². The van der Waals surface area contributed by atoms with Crippen LogP contribution in [0.1, 0.15) is 15.4 Å². The van der Waals surface area contributed by atoms with Gasteiger partial charge in [-0.2, -0.15) is 0 Å². The number of carbonyl (C=O) groups is 1. The molecule has 0 saturated heterocycles. The van der Waals surface area contributed by atoms with Gasteiger partial charge in [0.15, 0.2) is 5.01 Å². The van der Waals surface area contributed by atoms with Crippen LogP contribution < -0.4 is 11.1 Å². The summed E-state index contributed by atoms with van der Waals surface area (Å²) in [6.07, 6.45) is 6.94. The summed E-state index contributed by atoms with van der Waals surface area (Å²) in [6.45, 7) is 0. The lowest BCUT2D eigenvalue weighted by molar-refractivity contribution is 0.1000. The predicted octanol–water partition coefficient (Wildman–Crippen LogP) is 3.06. The molecule has 120 valence electrons. The van der Waals surface area contributed by atoms with Crippen LogP contribution in [-0.4, -0.2) is 20.9 Å². The fraction of sp³-hybridized carbons (Fsp3) is 0. The van der Waals surface area contributed by atoms with E-state index in [2.05, 4.69) is 26.2 Å². The Labute approximate surface area is 146 Å². The number of fused-ring (bicyclic) bond motifs is 3. The lowest BCUT2D eigenvalue weighted by Crippen LogP contribution is -2.09. The van der Waals surface area contributed by atoms with Crippen molar-refractivity contribution in [1.82, 2.24) is 15.0 Å². The molecule has 0 unspecified atom stereocenters. The summed E-state index contributed by atoms with van der Waals surface area (Å²) < 4.78 is 0.808. The fourth-order valence-electron chi connectivity index (χ4n) is 2.55. The van der Waals surface area contributed by atoms with E-state index < -0.39 is 5.91 Å². The third-order valence-corrected chi connectivity index (χ3v) is 4.76. The molecule has 0 radical (unpaired) electrons. The van der Waals surface area contributed by atoms with Gasteiger partial charge in [-0.05, 0) is 30.3 Å². The van der Waals surface area contributed by atoms with Crippen LogP contribution in [0, 0.1) is 12.3 Å². The van der Waals surface area contributed by atoms with Crippen LogP contribution in [0.2, 0.25) is 0 Å². The standard InChI is InChI=1S/C18H11N5OS/c1-2-10-4-3-5-11(8-10)22-17-14-12(20-9-21-17)6-7-13-15(14)25-18(23-13)16(19)24/h1,3-9H,(H2,19,24)(H,20,21,22). The Morgan fingerprint density at radius 3 is 2.84 bits per heavy atom. The van der Waals surface area contributed by atoms with Crippen LogP contribution >= 0.6 is 11.3 Å². The van der Waals surface area contributed by atoms with Gasteiger partial charge in [0.25, 0.3) is 5.91 Å². The summed E-state index contributed by atoms with van der Waals surface area (Å²) in [6, 6.07) is 11.1. The van der Waals surface area contributed by atoms with Gasteiger partial charge in [0, 0.05) is 11.3 Å². The highest BCUT2D eigenvalue weighted by molar-refractivity contribution is 7.21. The lowest BCUT2D eigenvalue weighted by atomic mass is 10.2. The van der Waals surface area contributed by atoms with Gasteiger partial charge in [0.05, 0.1) is 21.1 Å². The number of benzene rings is 2. The highest BCUT2D eigenvalue weighted by Gasteiger charge is 2.15. The SMILES string of the molecule is C#Cc1cccc(Nc2ncnc3ccc4nc(C(N)=O)sc4c23)c1. The lowest BCUT2D eigenvalue weighted by Gasteiger charge is -2.09. The van der Waals surface area contributed by atoms with Crippen molar-refractivity contribution in [2.45, 2.75) is 0 Å². The number of hydrogen-bond donors (Lipinski definition) is 2. The number of nitrogens with two attached hydrogens (primary N) is 1. The Morgan fingerprint density at radius 2 is 2.04 bits per heavy atom. The Kier molecular flexibility index (Phi) is 3.52. The summed E-state index contributed by atoms with van der Waals surface area (Å²) in [5.74, 6) is 2.67. The van der Waals surface area contributed by atoms with Crippen LogP contribution in [0.15, 0.2) is 42.7 Å². The quantitative estimate of drug-likeness (QED) is 0.557. The minimum absolute atomic E-state index is 0.256. The molecule has 4 aromatic rings. The topological polar surface area (TPSA) is 93.8 Å². The zero-order valence-electron chi connectivity index (χ0n) is 12.9. The molecule has 2 heterocycles. The number of carbonyl (C=O) groups excluding carboxylic acids is 1. The van der Waals surface area contributed by atoms with Gasteiger partial charge in [-0.3, -0.25) is 4.79 Å². The zero-order chi connectivity index (χ0) is 17.4. The maximum Gasteiger partial charge on any atom is 0.277 e. The second-order valence-corrected chi connectivity index (χ2v) is 6.26. The maximum atomic E-state index is 11.5. The van der Waals surface area contributed by atoms with Crippen LogP contribution in [0.3, 0.4) is 0 Å². The number of amides is 1. The number of primary amides is 1. The normalized spacial score (nSPS) is 10.7. The predicted molar refractivity (Wildman–Crippen MR) is 98.9 cm³/mol. The average molecular weight is 345 g/mol. The molecule has 0 bridgehead atoms. The van der Waals surface area contributed by atoms with Crippen molar-refractivity contribution >= 4 is 49.9 Å². The van der Waals surface area contributed by atoms with Crippen molar-refractivity contribution in [3.05, 3.63) is 53.3 Å². The van der Waals surface area contributed by atoms with Gasteiger partial charge in [-0.15, -0.1) is 17.8 Å². The summed E-state index contributed by atoms with van der Waals surface area (Å²) in [7, 11) is 0. The summed E-state index contributed by atoms with van der Waals surface area (Å²) in [4.78, 5) is 24.4. The van der Waals surface area contributed by atoms with Gasteiger partial charge in [-0.1, -0.05) is 12.0 Å². The second kappa shape index (κ2) is 5.85. The second-order valence-electron chi connectivity index (χ2n) is 5.26. The van der Waals surface area contributed by atoms with E-state index in [1.807, 2.05) is 36.4 Å². The number of nitrogens with zero attached hydrogens (tertiary/aromatic N) is 3. The smallest absolute Gasteiger partial charge is 0.277 e. The fourth-order valence-corrected chi connectivity index (χ4v) is 3.51. The van der Waals surface area contributed by atoms with Crippen molar-refractivity contribution in [1.29, 1.82) is 0 Å². The number of thiazole rings is 1. The molecular weight excluding hydrogens is 334 g/mol. The first-order chi connectivity index (χ1) is 12.2. The van der Waals surface area contributed by atoms with Crippen molar-refractivity contribution in [2.24, 2.45) is 5.73 Å². The van der Waals surface area contributed by atoms with Gasteiger partial charge in [0.1, 0.15) is 12.1 Å². The molecule has 0 aliphatic carbocycles. The van der Waals surface area contributed by atoms with E-state index >= 15 is 0 Å². The van der Waals surface area contributed by atoms with Crippen LogP contribution in [-0.2, 0) is 0 Å². The monoisotopic (exact) mass is 345 g/mol. The Balaban J connectivity index is 1.92. The first-order valence-corrected chi connectivity index (χ1v) is 8.15. The molecule has 25 heavy (non-hydrogen) atoms. The van der Waals surface area contributed by atoms with Gasteiger partial charge in [0.2, 0.25) is 0 Å². The molecular formula is C18H11N5OS. The first kappa shape index (κ1) is 15.1. The maximum absolute atomic E-state index is 11.5. The van der Waals surface area contributed by atoms with Crippen LogP contribution in [0.25, 0.3) is 21.1 Å². The largest absolute Gasteiger partial charge is 0.364 e. The molecule has 0 aliphatic rings. The molecule has 2 aromatic carbocycles. The van der Waals surface area contributed by atoms with Crippen molar-refractivity contribution in [3.63, 3.8) is 0 Å². The average Bonchev–Trinajstić information content (AvgIpc) is 3.07. The number of nitrogens with one attached hydrogen (secondary N) is 1. The minimum atomic E-state index is -0.553. The van der Waals surface area contributed by atoms with Crippen LogP contribution in [0.5, 0.6) is 0 Å². The molecule has 4 rings (SSSR count). The van der Waals surface area contributed by atoms with Crippen molar-refractivity contribution in [2.75, 3.05) is 5.32 Å². The molecule has 6 nitrogen and oxygen atoms in total. The Hall–Kier alpha value is -3.50. The van der Waals surface area contributed by atoms with Crippen molar-refractivity contribution in [3.8, 4) is 12.3 Å². The number of hydrogen-bond acceptors (Lipinski definition) is 6. The van der Waals surface area contributed by atoms with E-state index in [0.717, 1.165) is 26.9 Å². The molecule has 0 fully saturated rings. The van der Waals surface area contributed by atoms with E-state index in [1.165, 1.54) is 17.7 Å². The third kappa shape index (κ3) is 2.65. The van der Waals surface area contributed by atoms with Gasteiger partial charge < -0.3 is 11.1 Å². The van der Waals surface area contributed by atoms with Crippen LogP contribution in [0.4, 0.5) is 11.5 Å². The molecule has 0 spiro atoms. The number of aromatic nitrogens is 3. The summed E-state index contributed by atoms with van der Waals surface area (Å²) >= 11 is 1.23. The number of terminal acetylenes is 1. The molecule has 1 amide bonds. The first-order valence-electron chi connectivity index (χ1n) is 7.33. The highest BCUT2D eigenvalue weighted by atomic mass is 32.1. The number of anilines is 2. The molecule has 3 N–H and O–H groups in total. The molecule has 7 heteroatoms. The Morgan fingerprint density at radius 1 is 1.20 bits per heavy atom. The third-order valence-electron chi connectivity index (χ3n) is 3.66. The Bertz CT molecular complexity index is 1180. The molecule has 0 aliphatic heterocycles. The summed E-state index contributed by atoms with van der Waals surface area (Å²) in [5, 5.41) is 4.31. The molecule has 0 atom stereocenters. The van der Waals surface area contributed by atoms with E-state index in [-0.39, 0.29) is 5.01 Å². The van der Waals surface area contributed by atoms with E-state index in [9.17, 15) is 4.79 Å². The van der Waals surface area contributed by atoms with E-state index in [0.29, 0.717) is 11.3 Å². The molecule has 0 saturated carbocycles. The van der Waals surface area contributed by atoms with E-state index in [1.54, 1.807) is 0 Å². The molecule has 2 aromatic heterocycles. The number of rotatable bonds is 3. The highest BCUT2D eigenvalue weighted by Crippen LogP contribution is 2.34. The summed E-state index contributed by atoms with van der Waals surface area (Å²) in [5.41, 5.74) is 8.37. The zero-order valence-corrected chi connectivity index (χ0v) is 13.7. The van der Waals surface area contributed by atoms with Gasteiger partial charge >= 0.3 is 0 Å². The van der Waals surface area contributed by atoms with Gasteiger partial charge in [-0.25, -0.2) is 15.0 Å². The van der Waals surface area contributed by atoms with Crippen molar-refractivity contribution < 1.29 is 4.79 Å². The minimum Gasteiger partial charge on any atom is -0.364 e.